The molecular weight excluding hydrogens is 548 g/mol. The molecule has 10 heteroatoms. The molecule has 1 aromatic carbocycles. The number of Topliss-reactive ketones (excluding diaryl/α,β-unsaturated/α-hetero) is 1. The van der Waals surface area contributed by atoms with Crippen molar-refractivity contribution in [3.63, 3.8) is 0 Å². The predicted molar refractivity (Wildman–Crippen MR) is 163 cm³/mol. The van der Waals surface area contributed by atoms with Crippen LogP contribution in [0.15, 0.2) is 42.1 Å². The molecule has 1 N–H and O–H groups in total. The van der Waals surface area contributed by atoms with Crippen molar-refractivity contribution in [2.24, 2.45) is 5.92 Å². The minimum Gasteiger partial charge on any atom is -0.505 e. The number of nitrogens with zero attached hydrogens (tertiary/aromatic N) is 4. The molecule has 10 nitrogen and oxygen atoms in total. The Bertz CT molecular complexity index is 1520. The van der Waals surface area contributed by atoms with Gasteiger partial charge in [0.05, 0.1) is 43.7 Å². The SMILES string of the molecule is CCOc1cc(C2C(=C(O)c3nc4c(C)cccn4c3C)C(=O)C(=O)N2CCN2CCOCC2)ccc1OCCC(C)C. The van der Waals surface area contributed by atoms with E-state index in [1.165, 1.54) is 0 Å². The molecule has 2 fully saturated rings. The number of rotatable bonds is 11. The van der Waals surface area contributed by atoms with Crippen LogP contribution in [0.3, 0.4) is 0 Å². The van der Waals surface area contributed by atoms with E-state index in [2.05, 4.69) is 18.7 Å². The molecule has 43 heavy (non-hydrogen) atoms. The van der Waals surface area contributed by atoms with Gasteiger partial charge < -0.3 is 28.6 Å². The number of aliphatic hydroxyl groups is 1. The van der Waals surface area contributed by atoms with Crippen molar-refractivity contribution in [2.75, 3.05) is 52.6 Å². The molecule has 0 saturated carbocycles. The van der Waals surface area contributed by atoms with Gasteiger partial charge in [-0.15, -0.1) is 0 Å². The van der Waals surface area contributed by atoms with Crippen LogP contribution in [0, 0.1) is 19.8 Å². The Morgan fingerprint density at radius 3 is 2.56 bits per heavy atom. The largest absolute Gasteiger partial charge is 0.505 e. The number of imidazole rings is 1. The number of ether oxygens (including phenoxy) is 3. The molecule has 4 heterocycles. The van der Waals surface area contributed by atoms with E-state index in [0.717, 1.165) is 25.1 Å². The fourth-order valence-corrected chi connectivity index (χ4v) is 5.69. The number of aliphatic hydroxyl groups excluding tert-OH is 1. The summed E-state index contributed by atoms with van der Waals surface area (Å²) in [5.41, 5.74) is 3.25. The van der Waals surface area contributed by atoms with Gasteiger partial charge in [0.1, 0.15) is 11.3 Å². The van der Waals surface area contributed by atoms with E-state index in [1.807, 2.05) is 61.7 Å². The van der Waals surface area contributed by atoms with Crippen molar-refractivity contribution in [1.29, 1.82) is 0 Å². The fraction of sp³-hybridized carbons (Fsp3) is 0.485. The number of amides is 1. The van der Waals surface area contributed by atoms with Gasteiger partial charge in [-0.25, -0.2) is 4.98 Å². The summed E-state index contributed by atoms with van der Waals surface area (Å²) in [5, 5.41) is 11.8. The second-order valence-electron chi connectivity index (χ2n) is 11.5. The molecule has 3 aromatic rings. The van der Waals surface area contributed by atoms with E-state index in [0.29, 0.717) is 73.8 Å². The Kier molecular flexibility index (Phi) is 9.37. The molecule has 0 bridgehead atoms. The number of pyridine rings is 1. The Balaban J connectivity index is 1.59. The zero-order valence-electron chi connectivity index (χ0n) is 25.8. The van der Waals surface area contributed by atoms with Gasteiger partial charge >= 0.3 is 0 Å². The number of fused-ring (bicyclic) bond motifs is 1. The molecule has 0 aliphatic carbocycles. The van der Waals surface area contributed by atoms with Crippen molar-refractivity contribution < 1.29 is 28.9 Å². The molecule has 2 aliphatic rings. The Labute approximate surface area is 252 Å². The smallest absolute Gasteiger partial charge is 0.295 e. The third-order valence-corrected chi connectivity index (χ3v) is 8.15. The molecule has 2 aromatic heterocycles. The molecule has 1 atom stereocenters. The summed E-state index contributed by atoms with van der Waals surface area (Å²) in [6, 6.07) is 8.51. The lowest BCUT2D eigenvalue weighted by Crippen LogP contribution is -2.42. The first-order chi connectivity index (χ1) is 20.7. The highest BCUT2D eigenvalue weighted by Crippen LogP contribution is 2.42. The van der Waals surface area contributed by atoms with Gasteiger partial charge in [0.2, 0.25) is 0 Å². The number of ketones is 1. The lowest BCUT2D eigenvalue weighted by molar-refractivity contribution is -0.140. The summed E-state index contributed by atoms with van der Waals surface area (Å²) in [4.78, 5) is 35.8. The highest BCUT2D eigenvalue weighted by Gasteiger charge is 2.46. The number of benzene rings is 1. The minimum atomic E-state index is -0.824. The first-order valence-electron chi connectivity index (χ1n) is 15.1. The molecule has 0 spiro atoms. The fourth-order valence-electron chi connectivity index (χ4n) is 5.69. The number of hydrogen-bond donors (Lipinski definition) is 1. The maximum atomic E-state index is 13.7. The van der Waals surface area contributed by atoms with Gasteiger partial charge in [-0.1, -0.05) is 26.0 Å². The number of likely N-dealkylation sites (tertiary alicyclic amines) is 1. The molecule has 5 rings (SSSR count). The van der Waals surface area contributed by atoms with Crippen molar-refractivity contribution in [2.45, 2.75) is 47.1 Å². The van der Waals surface area contributed by atoms with Crippen LogP contribution in [0.1, 0.15) is 55.7 Å². The minimum absolute atomic E-state index is 0.0204. The van der Waals surface area contributed by atoms with Gasteiger partial charge in [0.15, 0.2) is 17.3 Å². The van der Waals surface area contributed by atoms with Gasteiger partial charge in [0.25, 0.3) is 11.7 Å². The average Bonchev–Trinajstić information content (AvgIpc) is 3.46. The molecule has 2 aliphatic heterocycles. The summed E-state index contributed by atoms with van der Waals surface area (Å²) in [5.74, 6) is -0.0355. The van der Waals surface area contributed by atoms with Gasteiger partial charge in [-0.05, 0) is 62.4 Å². The van der Waals surface area contributed by atoms with E-state index in [1.54, 1.807) is 4.90 Å². The molecule has 230 valence electrons. The highest BCUT2D eigenvalue weighted by molar-refractivity contribution is 6.46. The maximum absolute atomic E-state index is 13.7. The Morgan fingerprint density at radius 2 is 1.86 bits per heavy atom. The summed E-state index contributed by atoms with van der Waals surface area (Å²) < 4.78 is 19.4. The number of aryl methyl sites for hydroxylation is 2. The third-order valence-electron chi connectivity index (χ3n) is 8.15. The quantitative estimate of drug-likeness (QED) is 0.197. The van der Waals surface area contributed by atoms with E-state index >= 15 is 0 Å². The third kappa shape index (κ3) is 6.26. The van der Waals surface area contributed by atoms with Crippen molar-refractivity contribution in [1.82, 2.24) is 19.2 Å². The van der Waals surface area contributed by atoms with Crippen molar-refractivity contribution in [3.05, 3.63) is 64.6 Å². The summed E-state index contributed by atoms with van der Waals surface area (Å²) in [6.07, 6.45) is 2.76. The molecule has 1 amide bonds. The van der Waals surface area contributed by atoms with Gasteiger partial charge in [-0.2, -0.15) is 0 Å². The van der Waals surface area contributed by atoms with Crippen LogP contribution in [0.2, 0.25) is 0 Å². The molecule has 2 saturated heterocycles. The van der Waals surface area contributed by atoms with E-state index in [9.17, 15) is 14.7 Å². The highest BCUT2D eigenvalue weighted by atomic mass is 16.5. The first kappa shape index (κ1) is 30.6. The standard InChI is InChI=1S/C33H42N4O6/c1-6-42-26-20-24(9-10-25(26)43-17-11-21(2)3)29-27(30(38)28-23(5)36-12-7-8-22(4)32(36)34-28)31(39)33(40)37(29)14-13-35-15-18-41-19-16-35/h7-10,12,20-21,29,38H,6,11,13-19H2,1-5H3. The summed E-state index contributed by atoms with van der Waals surface area (Å²) in [6.45, 7) is 14.6. The van der Waals surface area contributed by atoms with Crippen molar-refractivity contribution in [3.8, 4) is 11.5 Å². The number of carbonyl (C=O) groups is 2. The molecular formula is C33H42N4O6. The number of carbonyl (C=O) groups excluding carboxylic acids is 2. The maximum Gasteiger partial charge on any atom is 0.295 e. The normalized spacial score (nSPS) is 19.1. The van der Waals surface area contributed by atoms with Crippen LogP contribution in [0.25, 0.3) is 11.4 Å². The average molecular weight is 591 g/mol. The summed E-state index contributed by atoms with van der Waals surface area (Å²) >= 11 is 0. The zero-order valence-corrected chi connectivity index (χ0v) is 25.8. The molecule has 1 unspecified atom stereocenters. The predicted octanol–water partition coefficient (Wildman–Crippen LogP) is 4.53. The van der Waals surface area contributed by atoms with Crippen LogP contribution < -0.4 is 9.47 Å². The molecule has 0 radical (unpaired) electrons. The topological polar surface area (TPSA) is 106 Å². The Morgan fingerprint density at radius 1 is 1.09 bits per heavy atom. The lowest BCUT2D eigenvalue weighted by atomic mass is 9.96. The van der Waals surface area contributed by atoms with Crippen LogP contribution in [-0.4, -0.2) is 88.6 Å². The van der Waals surface area contributed by atoms with Crippen LogP contribution >= 0.6 is 0 Å². The van der Waals surface area contributed by atoms with Crippen molar-refractivity contribution >= 4 is 23.1 Å². The van der Waals surface area contributed by atoms with Crippen LogP contribution in [0.5, 0.6) is 11.5 Å². The first-order valence-corrected chi connectivity index (χ1v) is 15.1. The number of aromatic nitrogens is 2. The van der Waals surface area contributed by atoms with Gasteiger partial charge in [-0.3, -0.25) is 14.5 Å². The Hall–Kier alpha value is -3.89. The number of hydrogen-bond acceptors (Lipinski definition) is 8. The second kappa shape index (κ2) is 13.2. The van der Waals surface area contributed by atoms with E-state index in [-0.39, 0.29) is 17.0 Å². The van der Waals surface area contributed by atoms with E-state index in [4.69, 9.17) is 19.2 Å². The summed E-state index contributed by atoms with van der Waals surface area (Å²) in [7, 11) is 0. The van der Waals surface area contributed by atoms with Crippen LogP contribution in [-0.2, 0) is 14.3 Å². The second-order valence-corrected chi connectivity index (χ2v) is 11.5. The van der Waals surface area contributed by atoms with Crippen LogP contribution in [0.4, 0.5) is 0 Å². The zero-order chi connectivity index (χ0) is 30.7. The monoisotopic (exact) mass is 590 g/mol. The number of morpholine rings is 1. The lowest BCUT2D eigenvalue weighted by Gasteiger charge is -2.31. The van der Waals surface area contributed by atoms with E-state index < -0.39 is 17.7 Å². The van der Waals surface area contributed by atoms with Gasteiger partial charge in [0, 0.05) is 32.4 Å².